The van der Waals surface area contributed by atoms with Gasteiger partial charge in [-0.1, -0.05) is 0 Å². The van der Waals surface area contributed by atoms with Crippen LogP contribution in [0.3, 0.4) is 0 Å². The van der Waals surface area contributed by atoms with Crippen molar-refractivity contribution in [3.8, 4) is 5.75 Å². The molecule has 0 bridgehead atoms. The van der Waals surface area contributed by atoms with E-state index in [2.05, 4.69) is 10.6 Å². The van der Waals surface area contributed by atoms with Gasteiger partial charge in [0.1, 0.15) is 5.75 Å². The van der Waals surface area contributed by atoms with Crippen molar-refractivity contribution in [3.05, 3.63) is 23.8 Å². The molecule has 1 aromatic carbocycles. The summed E-state index contributed by atoms with van der Waals surface area (Å²) >= 11 is 0. The van der Waals surface area contributed by atoms with Crippen LogP contribution in [-0.2, 0) is 11.2 Å². The van der Waals surface area contributed by atoms with Crippen LogP contribution in [0.2, 0.25) is 0 Å². The molecule has 17 heavy (non-hydrogen) atoms. The Bertz CT molecular complexity index is 439. The molecule has 2 aliphatic rings. The predicted octanol–water partition coefficient (Wildman–Crippen LogP) is 1.31. The number of nitrogens with one attached hydrogen (secondary N) is 2. The molecule has 2 N–H and O–H groups in total. The largest absolute Gasteiger partial charge is 0.493 e. The maximum Gasteiger partial charge on any atom is 0.241 e. The van der Waals surface area contributed by atoms with Crippen molar-refractivity contribution in [2.45, 2.75) is 25.3 Å². The molecular formula is C13H16N2O2. The van der Waals surface area contributed by atoms with Crippen LogP contribution in [0.4, 0.5) is 5.69 Å². The second kappa shape index (κ2) is 4.37. The fraction of sp³-hybridized carbons (Fsp3) is 0.462. The summed E-state index contributed by atoms with van der Waals surface area (Å²) in [5, 5.41) is 6.15. The van der Waals surface area contributed by atoms with Gasteiger partial charge in [-0.15, -0.1) is 0 Å². The van der Waals surface area contributed by atoms with Gasteiger partial charge in [-0.3, -0.25) is 4.79 Å². The van der Waals surface area contributed by atoms with E-state index >= 15 is 0 Å². The third-order valence-corrected chi connectivity index (χ3v) is 3.33. The van der Waals surface area contributed by atoms with E-state index < -0.39 is 0 Å². The Hall–Kier alpha value is -1.55. The van der Waals surface area contributed by atoms with Gasteiger partial charge in [0, 0.05) is 12.1 Å². The Morgan fingerprint density at radius 1 is 1.47 bits per heavy atom. The van der Waals surface area contributed by atoms with E-state index in [4.69, 9.17) is 4.74 Å². The highest BCUT2D eigenvalue weighted by molar-refractivity contribution is 5.95. The Labute approximate surface area is 100 Å². The lowest BCUT2D eigenvalue weighted by atomic mass is 10.1. The van der Waals surface area contributed by atoms with Crippen LogP contribution in [0.1, 0.15) is 18.4 Å². The van der Waals surface area contributed by atoms with E-state index in [1.54, 1.807) is 0 Å². The van der Waals surface area contributed by atoms with Crippen LogP contribution in [0.25, 0.3) is 0 Å². The van der Waals surface area contributed by atoms with Gasteiger partial charge in [0.15, 0.2) is 0 Å². The molecule has 0 spiro atoms. The van der Waals surface area contributed by atoms with E-state index in [1.165, 1.54) is 5.56 Å². The number of fused-ring (bicyclic) bond motifs is 1. The minimum atomic E-state index is -0.0282. The normalized spacial score (nSPS) is 22.0. The van der Waals surface area contributed by atoms with Crippen molar-refractivity contribution < 1.29 is 9.53 Å². The molecule has 3 rings (SSSR count). The fourth-order valence-corrected chi connectivity index (χ4v) is 2.40. The van der Waals surface area contributed by atoms with E-state index in [9.17, 15) is 4.79 Å². The molecule has 1 fully saturated rings. The number of hydrogen-bond donors (Lipinski definition) is 2. The lowest BCUT2D eigenvalue weighted by Crippen LogP contribution is -2.35. The zero-order valence-corrected chi connectivity index (χ0v) is 9.66. The molecule has 1 aromatic rings. The molecule has 0 aromatic heterocycles. The average molecular weight is 232 g/mol. The Kier molecular flexibility index (Phi) is 2.73. The Morgan fingerprint density at radius 2 is 2.41 bits per heavy atom. The number of benzene rings is 1. The minimum Gasteiger partial charge on any atom is -0.493 e. The summed E-state index contributed by atoms with van der Waals surface area (Å²) in [4.78, 5) is 11.9. The zero-order valence-electron chi connectivity index (χ0n) is 9.66. The Balaban J connectivity index is 1.70. The highest BCUT2D eigenvalue weighted by Gasteiger charge is 2.22. The van der Waals surface area contributed by atoms with Gasteiger partial charge < -0.3 is 15.4 Å². The average Bonchev–Trinajstić information content (AvgIpc) is 2.99. The highest BCUT2D eigenvalue weighted by Crippen LogP contribution is 2.27. The second-order valence-electron chi connectivity index (χ2n) is 4.56. The monoisotopic (exact) mass is 232 g/mol. The van der Waals surface area contributed by atoms with Gasteiger partial charge in [-0.05, 0) is 43.1 Å². The van der Waals surface area contributed by atoms with Crippen LogP contribution in [0.5, 0.6) is 5.75 Å². The van der Waals surface area contributed by atoms with Gasteiger partial charge in [0.05, 0.1) is 12.6 Å². The molecule has 1 atom stereocenters. The lowest BCUT2D eigenvalue weighted by Gasteiger charge is -2.11. The molecular weight excluding hydrogens is 216 g/mol. The summed E-state index contributed by atoms with van der Waals surface area (Å²) in [5.41, 5.74) is 2.05. The summed E-state index contributed by atoms with van der Waals surface area (Å²) in [5.74, 6) is 1.02. The number of anilines is 1. The number of carbonyl (C=O) groups is 1. The Morgan fingerprint density at radius 3 is 3.24 bits per heavy atom. The first-order valence-corrected chi connectivity index (χ1v) is 6.13. The van der Waals surface area contributed by atoms with Crippen molar-refractivity contribution in [2.75, 3.05) is 18.5 Å². The standard InChI is InChI=1S/C13H16N2O2/c16-13(11-2-1-6-14-11)15-10-3-4-12-9(8-10)5-7-17-12/h3-4,8,11,14H,1-2,5-7H2,(H,15,16). The molecule has 2 heterocycles. The zero-order chi connectivity index (χ0) is 11.7. The molecule has 90 valence electrons. The number of rotatable bonds is 2. The molecule has 4 heteroatoms. The summed E-state index contributed by atoms with van der Waals surface area (Å²) in [6, 6.07) is 5.81. The molecule has 1 saturated heterocycles. The van der Waals surface area contributed by atoms with Crippen molar-refractivity contribution in [3.63, 3.8) is 0 Å². The van der Waals surface area contributed by atoms with Crippen molar-refractivity contribution in [1.29, 1.82) is 0 Å². The van der Waals surface area contributed by atoms with Crippen LogP contribution in [0.15, 0.2) is 18.2 Å². The van der Waals surface area contributed by atoms with Crippen LogP contribution < -0.4 is 15.4 Å². The van der Waals surface area contributed by atoms with E-state index in [1.807, 2.05) is 18.2 Å². The molecule has 4 nitrogen and oxygen atoms in total. The van der Waals surface area contributed by atoms with Gasteiger partial charge in [-0.2, -0.15) is 0 Å². The van der Waals surface area contributed by atoms with Gasteiger partial charge in [0.2, 0.25) is 5.91 Å². The highest BCUT2D eigenvalue weighted by atomic mass is 16.5. The smallest absolute Gasteiger partial charge is 0.241 e. The minimum absolute atomic E-state index is 0.0282. The van der Waals surface area contributed by atoms with Gasteiger partial charge >= 0.3 is 0 Å². The summed E-state index contributed by atoms with van der Waals surface area (Å²) < 4.78 is 5.43. The molecule has 0 radical (unpaired) electrons. The van der Waals surface area contributed by atoms with Gasteiger partial charge in [-0.25, -0.2) is 0 Å². The van der Waals surface area contributed by atoms with Crippen LogP contribution >= 0.6 is 0 Å². The quantitative estimate of drug-likeness (QED) is 0.808. The third-order valence-electron chi connectivity index (χ3n) is 3.33. The molecule has 0 saturated carbocycles. The third kappa shape index (κ3) is 2.13. The molecule has 2 aliphatic heterocycles. The number of carbonyl (C=O) groups excluding carboxylic acids is 1. The summed E-state index contributed by atoms with van der Waals surface area (Å²) in [7, 11) is 0. The van der Waals surface area contributed by atoms with Crippen molar-refractivity contribution >= 4 is 11.6 Å². The maximum absolute atomic E-state index is 11.9. The van der Waals surface area contributed by atoms with Crippen molar-refractivity contribution in [1.82, 2.24) is 5.32 Å². The number of hydrogen-bond acceptors (Lipinski definition) is 3. The molecule has 0 aliphatic carbocycles. The van der Waals surface area contributed by atoms with E-state index in [-0.39, 0.29) is 11.9 Å². The number of ether oxygens (including phenoxy) is 1. The predicted molar refractivity (Wildman–Crippen MR) is 65.3 cm³/mol. The number of amides is 1. The first kappa shape index (κ1) is 10.6. The second-order valence-corrected chi connectivity index (χ2v) is 4.56. The topological polar surface area (TPSA) is 50.4 Å². The first-order chi connectivity index (χ1) is 8.33. The molecule has 1 unspecified atom stereocenters. The summed E-state index contributed by atoms with van der Waals surface area (Å²) in [6.07, 6.45) is 2.94. The lowest BCUT2D eigenvalue weighted by molar-refractivity contribution is -0.117. The molecule has 1 amide bonds. The van der Waals surface area contributed by atoms with Crippen molar-refractivity contribution in [2.24, 2.45) is 0 Å². The van der Waals surface area contributed by atoms with Crippen LogP contribution in [0, 0.1) is 0 Å². The fourth-order valence-electron chi connectivity index (χ4n) is 2.40. The maximum atomic E-state index is 11.9. The SMILES string of the molecule is O=C(Nc1ccc2c(c1)CCO2)C1CCCN1. The van der Waals surface area contributed by atoms with E-state index in [0.717, 1.165) is 43.9 Å². The van der Waals surface area contributed by atoms with E-state index in [0.29, 0.717) is 0 Å². The van der Waals surface area contributed by atoms with Gasteiger partial charge in [0.25, 0.3) is 0 Å². The van der Waals surface area contributed by atoms with Crippen LogP contribution in [-0.4, -0.2) is 25.1 Å². The summed E-state index contributed by atoms with van der Waals surface area (Å²) in [6.45, 7) is 1.69. The first-order valence-electron chi connectivity index (χ1n) is 6.13.